The minimum atomic E-state index is -0.483. The lowest BCUT2D eigenvalue weighted by molar-refractivity contribution is -0.153. The summed E-state index contributed by atoms with van der Waals surface area (Å²) in [6, 6.07) is 0. The summed E-state index contributed by atoms with van der Waals surface area (Å²) in [4.78, 5) is 37.4. The SMILES string of the molecule is CCC(COCCOC(=O)C1CCC2OC2C1)(COCCOC(=O)C1CCC2OC2C1)COCCOC(=O)C1CCC2OC2C1. The molecule has 12 nitrogen and oxygen atoms in total. The fraction of sp³-hybridized carbons (Fsp3) is 0.909. The molecule has 3 aliphatic heterocycles. The fourth-order valence-electron chi connectivity index (χ4n) is 7.11. The molecular weight excluding hydrogens is 588 g/mol. The van der Waals surface area contributed by atoms with E-state index in [9.17, 15) is 14.4 Å². The maximum atomic E-state index is 12.5. The van der Waals surface area contributed by atoms with Crippen molar-refractivity contribution in [2.75, 3.05) is 59.5 Å². The summed E-state index contributed by atoms with van der Waals surface area (Å²) in [6.07, 6.45) is 9.85. The summed E-state index contributed by atoms with van der Waals surface area (Å²) in [5.74, 6) is -0.825. The second kappa shape index (κ2) is 15.4. The lowest BCUT2D eigenvalue weighted by Gasteiger charge is -2.32. The number of rotatable bonds is 19. The molecule has 0 aromatic heterocycles. The first-order valence-electron chi connectivity index (χ1n) is 17.1. The number of carbonyl (C=O) groups excluding carboxylic acids is 3. The molecule has 6 rings (SSSR count). The van der Waals surface area contributed by atoms with Crippen LogP contribution >= 0.6 is 0 Å². The summed E-state index contributed by atoms with van der Waals surface area (Å²) in [5, 5.41) is 0. The molecule has 3 saturated heterocycles. The Morgan fingerprint density at radius 3 is 1.13 bits per heavy atom. The first-order chi connectivity index (χ1) is 21.9. The zero-order valence-electron chi connectivity index (χ0n) is 26.5. The number of ether oxygens (including phenoxy) is 9. The van der Waals surface area contributed by atoms with Crippen molar-refractivity contribution in [3.63, 3.8) is 0 Å². The summed E-state index contributed by atoms with van der Waals surface area (Å²) >= 11 is 0. The third-order valence-corrected chi connectivity index (χ3v) is 10.4. The van der Waals surface area contributed by atoms with Crippen LogP contribution in [0.4, 0.5) is 0 Å². The lowest BCUT2D eigenvalue weighted by Crippen LogP contribution is -2.38. The van der Waals surface area contributed by atoms with Gasteiger partial charge in [0.05, 0.1) is 94.0 Å². The second-order valence-electron chi connectivity index (χ2n) is 13.7. The third-order valence-electron chi connectivity index (χ3n) is 10.4. The molecule has 6 aliphatic rings. The fourth-order valence-corrected chi connectivity index (χ4v) is 7.11. The van der Waals surface area contributed by atoms with Gasteiger partial charge < -0.3 is 42.6 Å². The summed E-state index contributed by atoms with van der Waals surface area (Å²) in [5.41, 5.74) is -0.483. The predicted octanol–water partition coefficient (Wildman–Crippen LogP) is 2.76. The van der Waals surface area contributed by atoms with Crippen LogP contribution < -0.4 is 0 Å². The minimum absolute atomic E-state index is 0.0948. The molecule has 9 atom stereocenters. The molecule has 0 radical (unpaired) electrons. The Morgan fingerprint density at radius 2 is 0.844 bits per heavy atom. The average Bonchev–Trinajstić information content (AvgIpc) is 3.95. The van der Waals surface area contributed by atoms with E-state index in [0.717, 1.165) is 57.8 Å². The quantitative estimate of drug-likeness (QED) is 0.0888. The molecule has 3 saturated carbocycles. The van der Waals surface area contributed by atoms with Gasteiger partial charge in [0.2, 0.25) is 0 Å². The molecule has 254 valence electrons. The van der Waals surface area contributed by atoms with Gasteiger partial charge in [0.15, 0.2) is 0 Å². The topological polar surface area (TPSA) is 144 Å². The van der Waals surface area contributed by atoms with Gasteiger partial charge in [-0.15, -0.1) is 0 Å². The molecule has 0 aromatic carbocycles. The Labute approximate surface area is 265 Å². The van der Waals surface area contributed by atoms with Gasteiger partial charge in [-0.25, -0.2) is 0 Å². The van der Waals surface area contributed by atoms with Crippen LogP contribution in [-0.2, 0) is 57.0 Å². The van der Waals surface area contributed by atoms with Crippen LogP contribution in [0.15, 0.2) is 0 Å². The first kappa shape index (κ1) is 33.1. The van der Waals surface area contributed by atoms with Gasteiger partial charge in [-0.05, 0) is 64.2 Å². The van der Waals surface area contributed by atoms with Crippen molar-refractivity contribution in [3.05, 3.63) is 0 Å². The van der Waals surface area contributed by atoms with E-state index in [-0.39, 0.29) is 93.6 Å². The number of esters is 3. The molecular formula is C33H50O12. The maximum absolute atomic E-state index is 12.5. The van der Waals surface area contributed by atoms with Crippen molar-refractivity contribution in [1.82, 2.24) is 0 Å². The normalized spacial score (nSPS) is 35.5. The average molecular weight is 639 g/mol. The van der Waals surface area contributed by atoms with Gasteiger partial charge >= 0.3 is 17.9 Å². The largest absolute Gasteiger partial charge is 0.463 e. The highest BCUT2D eigenvalue weighted by Crippen LogP contribution is 2.41. The Kier molecular flexibility index (Phi) is 11.3. The molecule has 12 heteroatoms. The van der Waals surface area contributed by atoms with Crippen molar-refractivity contribution in [2.24, 2.45) is 23.2 Å². The van der Waals surface area contributed by atoms with Crippen LogP contribution in [0.25, 0.3) is 0 Å². The molecule has 0 N–H and O–H groups in total. The van der Waals surface area contributed by atoms with E-state index in [1.807, 2.05) is 6.92 Å². The highest BCUT2D eigenvalue weighted by atomic mass is 16.6. The van der Waals surface area contributed by atoms with E-state index in [0.29, 0.717) is 44.6 Å². The highest BCUT2D eigenvalue weighted by Gasteiger charge is 2.48. The first-order valence-corrected chi connectivity index (χ1v) is 17.1. The molecule has 45 heavy (non-hydrogen) atoms. The van der Waals surface area contributed by atoms with E-state index in [2.05, 4.69) is 0 Å². The van der Waals surface area contributed by atoms with Crippen molar-refractivity contribution >= 4 is 17.9 Å². The van der Waals surface area contributed by atoms with Gasteiger partial charge in [-0.2, -0.15) is 0 Å². The molecule has 3 heterocycles. The Bertz CT molecular complexity index is 898. The van der Waals surface area contributed by atoms with Crippen molar-refractivity contribution in [2.45, 2.75) is 108 Å². The minimum Gasteiger partial charge on any atom is -0.463 e. The van der Waals surface area contributed by atoms with E-state index < -0.39 is 5.41 Å². The highest BCUT2D eigenvalue weighted by molar-refractivity contribution is 5.73. The van der Waals surface area contributed by atoms with Gasteiger partial charge in [-0.1, -0.05) is 6.92 Å². The number of carbonyl (C=O) groups is 3. The van der Waals surface area contributed by atoms with Crippen LogP contribution in [0.1, 0.15) is 71.1 Å². The molecule has 0 bridgehead atoms. The molecule has 0 aromatic rings. The predicted molar refractivity (Wildman–Crippen MR) is 156 cm³/mol. The standard InChI is InChI=1S/C33H50O12/c1-2-33(18-37-9-12-40-30(34)21-3-6-24-27(15-21)43-24,19-38-10-13-41-31(35)22-4-7-25-28(16-22)44-25)20-39-11-14-42-32(36)23-5-8-26-29(17-23)45-26/h21-29H,2-20H2,1H3. The Balaban J connectivity index is 0.892. The lowest BCUT2D eigenvalue weighted by atomic mass is 9.88. The second-order valence-corrected chi connectivity index (χ2v) is 13.7. The maximum Gasteiger partial charge on any atom is 0.309 e. The summed E-state index contributed by atoms with van der Waals surface area (Å²) in [7, 11) is 0. The number of epoxide rings is 3. The van der Waals surface area contributed by atoms with Crippen LogP contribution in [0.3, 0.4) is 0 Å². The zero-order chi connectivity index (χ0) is 31.2. The van der Waals surface area contributed by atoms with E-state index >= 15 is 0 Å². The monoisotopic (exact) mass is 638 g/mol. The Morgan fingerprint density at radius 1 is 0.511 bits per heavy atom. The van der Waals surface area contributed by atoms with Gasteiger partial charge in [0.25, 0.3) is 0 Å². The summed E-state index contributed by atoms with van der Waals surface area (Å²) < 4.78 is 51.0. The van der Waals surface area contributed by atoms with Crippen LogP contribution in [0.5, 0.6) is 0 Å². The van der Waals surface area contributed by atoms with E-state index in [1.54, 1.807) is 0 Å². The number of hydrogen-bond donors (Lipinski definition) is 0. The molecule has 6 fully saturated rings. The van der Waals surface area contributed by atoms with E-state index in [1.165, 1.54) is 0 Å². The smallest absolute Gasteiger partial charge is 0.309 e. The third kappa shape index (κ3) is 9.38. The molecule has 0 amide bonds. The van der Waals surface area contributed by atoms with Gasteiger partial charge in [0, 0.05) is 5.41 Å². The van der Waals surface area contributed by atoms with E-state index in [4.69, 9.17) is 42.6 Å². The van der Waals surface area contributed by atoms with Crippen LogP contribution in [0.2, 0.25) is 0 Å². The molecule has 3 aliphatic carbocycles. The molecule has 9 unspecified atom stereocenters. The van der Waals surface area contributed by atoms with Crippen LogP contribution in [0, 0.1) is 23.2 Å². The summed E-state index contributed by atoms with van der Waals surface area (Å²) in [6.45, 7) is 4.36. The van der Waals surface area contributed by atoms with Crippen molar-refractivity contribution in [1.29, 1.82) is 0 Å². The Hall–Kier alpha value is -1.83. The van der Waals surface area contributed by atoms with Crippen molar-refractivity contribution < 1.29 is 57.0 Å². The number of fused-ring (bicyclic) bond motifs is 3. The number of hydrogen-bond acceptors (Lipinski definition) is 12. The van der Waals surface area contributed by atoms with Crippen molar-refractivity contribution in [3.8, 4) is 0 Å². The van der Waals surface area contributed by atoms with Crippen LogP contribution in [-0.4, -0.2) is 114 Å². The van der Waals surface area contributed by atoms with Gasteiger partial charge in [-0.3, -0.25) is 14.4 Å². The van der Waals surface area contributed by atoms with Gasteiger partial charge in [0.1, 0.15) is 19.8 Å². The zero-order valence-corrected chi connectivity index (χ0v) is 26.5. The molecule has 0 spiro atoms.